The Bertz CT molecular complexity index is 4420. The van der Waals surface area contributed by atoms with Crippen LogP contribution < -0.4 is 40.7 Å². The molecule has 622 valence electrons. The number of carbonyl (C=O) groups is 4. The third kappa shape index (κ3) is 27.1. The van der Waals surface area contributed by atoms with Gasteiger partial charge in [0.25, 0.3) is 0 Å². The first-order valence-electron chi connectivity index (χ1n) is 36.3. The summed E-state index contributed by atoms with van der Waals surface area (Å²) in [5, 5.41) is 11.2. The van der Waals surface area contributed by atoms with E-state index in [1.807, 2.05) is 33.0 Å². The van der Waals surface area contributed by atoms with Crippen molar-refractivity contribution in [2.45, 2.75) is 107 Å². The molecule has 115 heavy (non-hydrogen) atoms. The van der Waals surface area contributed by atoms with E-state index in [9.17, 15) is 36.7 Å². The number of thioether (sulfide) groups is 4. The zero-order chi connectivity index (χ0) is 78.5. The Morgan fingerprint density at radius 3 is 1.08 bits per heavy atom. The highest BCUT2D eigenvalue weighted by Crippen LogP contribution is 2.39. The summed E-state index contributed by atoms with van der Waals surface area (Å²) in [6.45, 7) is 12.7. The molecule has 4 N–H and O–H groups in total. The fourth-order valence-electron chi connectivity index (χ4n) is 11.5. The number of benzene rings is 4. The van der Waals surface area contributed by atoms with E-state index in [1.165, 1.54) is 111 Å². The second kappa shape index (κ2) is 46.3. The van der Waals surface area contributed by atoms with Crippen molar-refractivity contribution in [1.29, 1.82) is 0 Å². The van der Waals surface area contributed by atoms with E-state index in [-0.39, 0.29) is 52.7 Å². The average Bonchev–Trinajstić information content (AvgIpc) is 1.71. The van der Waals surface area contributed by atoms with Crippen LogP contribution >= 0.6 is 95.9 Å². The summed E-state index contributed by atoms with van der Waals surface area (Å²) in [5.74, 6) is -1.06. The lowest BCUT2D eigenvalue weighted by atomic mass is 10.1. The number of hydrogen-bond acceptors (Lipinski definition) is 25. The van der Waals surface area contributed by atoms with Crippen LogP contribution in [0, 0.1) is 23.3 Å². The molecule has 6 fully saturated rings. The van der Waals surface area contributed by atoms with Gasteiger partial charge in [0.05, 0.1) is 32.8 Å². The Balaban J connectivity index is 0.000000210. The fourth-order valence-corrected chi connectivity index (χ4v) is 16.5. The number of ether oxygens (including phenoxy) is 5. The molecule has 0 unspecified atom stereocenters. The highest BCUT2D eigenvalue weighted by molar-refractivity contribution is 8.20. The smallest absolute Gasteiger partial charge is 0.410 e. The van der Waals surface area contributed by atoms with Crippen molar-refractivity contribution in [1.82, 2.24) is 61.3 Å². The molecule has 10 aliphatic heterocycles. The zero-order valence-electron chi connectivity index (χ0n) is 61.4. The molecule has 0 spiro atoms. The molecular formula is C78H100F4N16O9S8. The predicted octanol–water partition coefficient (Wildman–Crippen LogP) is 16.7. The van der Waals surface area contributed by atoms with Crippen LogP contribution in [-0.2, 0) is 4.74 Å². The van der Waals surface area contributed by atoms with E-state index in [0.717, 1.165) is 163 Å². The van der Waals surface area contributed by atoms with Gasteiger partial charge in [-0.15, -0.1) is 0 Å². The van der Waals surface area contributed by atoms with E-state index >= 15 is 0 Å². The molecule has 14 rings (SSSR count). The summed E-state index contributed by atoms with van der Waals surface area (Å²) >= 11 is 27.4. The van der Waals surface area contributed by atoms with Crippen molar-refractivity contribution >= 4 is 185 Å². The van der Waals surface area contributed by atoms with Crippen LogP contribution in [0.2, 0.25) is 0 Å². The van der Waals surface area contributed by atoms with Crippen molar-refractivity contribution in [3.8, 4) is 23.0 Å². The number of rotatable bonds is 9. The van der Waals surface area contributed by atoms with Gasteiger partial charge in [0.15, 0.2) is 20.7 Å². The molecule has 10 heterocycles. The molecule has 0 bridgehead atoms. The molecule has 4 aromatic rings. The zero-order valence-corrected chi connectivity index (χ0v) is 68.0. The number of amidine groups is 4. The number of carbonyl (C=O) groups excluding carboxylic acids is 4. The third-order valence-electron chi connectivity index (χ3n) is 17.7. The molecule has 4 amide bonds. The van der Waals surface area contributed by atoms with Gasteiger partial charge in [-0.1, -0.05) is 78.6 Å². The van der Waals surface area contributed by atoms with Crippen LogP contribution in [0.5, 0.6) is 23.0 Å². The van der Waals surface area contributed by atoms with Crippen LogP contribution in [-0.4, -0.2) is 224 Å². The lowest BCUT2D eigenvalue weighted by molar-refractivity contribution is 0.0415. The van der Waals surface area contributed by atoms with Gasteiger partial charge in [-0.2, -0.15) is 0 Å². The highest BCUT2D eigenvalue weighted by Gasteiger charge is 2.32. The summed E-state index contributed by atoms with van der Waals surface area (Å²) < 4.78 is 82.0. The van der Waals surface area contributed by atoms with E-state index in [4.69, 9.17) is 72.6 Å². The van der Waals surface area contributed by atoms with Crippen molar-refractivity contribution in [2.75, 3.05) is 119 Å². The predicted molar refractivity (Wildman–Crippen MR) is 475 cm³/mol. The summed E-state index contributed by atoms with van der Waals surface area (Å²) in [6, 6.07) is 16.4. The summed E-state index contributed by atoms with van der Waals surface area (Å²) in [4.78, 5) is 77.4. The number of hydrazine groups is 4. The highest BCUT2D eigenvalue weighted by atomic mass is 32.2. The maximum absolute atomic E-state index is 13.9. The quantitative estimate of drug-likeness (QED) is 0.0692. The monoisotopic (exact) mass is 1740 g/mol. The number of likely N-dealkylation sites (tertiary alicyclic amines) is 1. The van der Waals surface area contributed by atoms with Crippen LogP contribution in [0.3, 0.4) is 0 Å². The third-order valence-corrected chi connectivity index (χ3v) is 23.5. The number of halogens is 4. The van der Waals surface area contributed by atoms with Crippen molar-refractivity contribution in [2.24, 2.45) is 20.0 Å². The van der Waals surface area contributed by atoms with Gasteiger partial charge in [0, 0.05) is 147 Å². The Hall–Kier alpha value is -7.92. The molecule has 0 radical (unpaired) electrons. The van der Waals surface area contributed by atoms with E-state index < -0.39 is 47.6 Å². The van der Waals surface area contributed by atoms with Crippen molar-refractivity contribution < 1.29 is 60.4 Å². The minimum atomic E-state index is -0.577. The number of nitrogens with one attached hydrogen (secondary N) is 4. The van der Waals surface area contributed by atoms with Crippen LogP contribution in [0.4, 0.5) is 36.7 Å². The first kappa shape index (κ1) is 94.2. The number of amides is 4. The molecule has 10 aliphatic rings. The topological polar surface area (TPSA) is 238 Å². The number of nitrogens with zero attached hydrogens (tertiary/aromatic N) is 12. The first-order chi connectivity index (χ1) is 53.6. The second-order valence-corrected chi connectivity index (χ2v) is 31.6. The van der Waals surface area contributed by atoms with Crippen molar-refractivity contribution in [3.05, 3.63) is 138 Å². The molecule has 0 atom stereocenters. The average molecular weight is 1740 g/mol. The summed E-state index contributed by atoms with van der Waals surface area (Å²) in [5.41, 5.74) is 15.4. The Labute approximate surface area is 709 Å². The van der Waals surface area contributed by atoms with Gasteiger partial charge >= 0.3 is 24.4 Å². The Morgan fingerprint density at radius 1 is 0.417 bits per heavy atom. The molecular weight excluding hydrogens is 1640 g/mol. The van der Waals surface area contributed by atoms with Gasteiger partial charge < -0.3 is 43.3 Å². The lowest BCUT2D eigenvalue weighted by Crippen LogP contribution is -2.45. The molecule has 0 saturated carbocycles. The summed E-state index contributed by atoms with van der Waals surface area (Å²) in [6.07, 6.45) is 17.0. The van der Waals surface area contributed by atoms with Crippen LogP contribution in [0.25, 0.3) is 24.3 Å². The maximum atomic E-state index is 13.9. The van der Waals surface area contributed by atoms with Gasteiger partial charge in [0.2, 0.25) is 0 Å². The van der Waals surface area contributed by atoms with Gasteiger partial charge in [-0.3, -0.25) is 20.0 Å². The Kier molecular flexibility index (Phi) is 37.9. The Morgan fingerprint density at radius 2 is 0.730 bits per heavy atom. The van der Waals surface area contributed by atoms with E-state index in [1.54, 1.807) is 67.4 Å². The van der Waals surface area contributed by atoms with Gasteiger partial charge in [0.1, 0.15) is 66.2 Å². The molecule has 4 aromatic carbocycles. The minimum Gasteiger partial charge on any atom is -0.410 e. The maximum Gasteiger partial charge on any atom is 0.415 e. The van der Waals surface area contributed by atoms with Crippen LogP contribution in [0.1, 0.15) is 130 Å². The molecule has 37 heteroatoms. The standard InChI is InChI=1S/C20H23FN4O2S2.C19H21FN4O3S2.C18H21FN4O2S2.C17H19FN4O2S2.4CH4/c21-15-7-6-14(16(13-15)27-20(26)24-9-3-1-4-10-24)12-17-18(28)23-19(29-17)25-11-5-2-8-22-25;20-14-3-4-15(27-19(25)23-7-9-26-10-8-23)13(11-14)12-16-17(28)22-18(29-16)24-6-2-1-5-21-24;1-3-22(2)18(24)25-14-11-13(19)7-6-12(14)10-15-16(26)21-17(27-15)23-9-5-4-8-20-23;1-21(2)17(23)24-13-10-12(18)6-5-11(13)9-14-15(25)20-16(26-14)22-8-4-3-7-19-22;;;;/h6-7,12-13,22H,1-5,8-11H2;3-4,11-12,21H,1-2,5-10H2;6-7,10-11,20H,3-5,8-9H2,1-2H3;5-6,9-10,19H,3-4,7-8H2,1-2H3;4*1H4/b17-12-;16-12-;15-10-;14-9-;;;;. The first-order valence-corrected chi connectivity index (χ1v) is 41.2. The van der Waals surface area contributed by atoms with Gasteiger partial charge in [-0.25, -0.2) is 78.4 Å². The van der Waals surface area contributed by atoms with Crippen LogP contribution in [0.15, 0.2) is 112 Å². The SMILES string of the molecule is C.C.C.C.CCN(C)C(=O)Oc1cc(F)ccc1/C=C1\SC(N2CCCCN2)=NC1=S.CN(C)C(=O)Oc1cc(F)ccc1/C=C1\SC(N2CCCCN2)=NC1=S.O=C(Oc1cc(F)ccc1/C=C1\SC(N2CCCCN2)=NC1=S)N1CCCCC1.O=C(Oc1ccc(F)cc1/C=C1\SC(N2CCCCN2)=NC1=S)N1CCOCC1. The van der Waals surface area contributed by atoms with E-state index in [0.29, 0.717) is 88.1 Å². The summed E-state index contributed by atoms with van der Waals surface area (Å²) in [7, 11) is 4.74. The number of hydrogen-bond donors (Lipinski definition) is 4. The number of piperidine rings is 1. The van der Waals surface area contributed by atoms with Crippen molar-refractivity contribution in [3.63, 3.8) is 0 Å². The minimum absolute atomic E-state index is 0. The van der Waals surface area contributed by atoms with E-state index in [2.05, 4.69) is 41.7 Å². The second-order valence-electron chi connectivity index (χ2n) is 26.1. The molecule has 25 nitrogen and oxygen atoms in total. The molecule has 6 saturated heterocycles. The lowest BCUT2D eigenvalue weighted by Gasteiger charge is -2.28. The molecule has 0 aliphatic carbocycles. The number of thiocarbonyl (C=S) groups is 4. The van der Waals surface area contributed by atoms with Gasteiger partial charge in [-0.05, 0) is 204 Å². The normalized spacial score (nSPS) is 19.5. The molecule has 0 aromatic heterocycles. The number of aliphatic imine (C=N–C) groups is 4. The largest absolute Gasteiger partial charge is 0.415 e. The fraction of sp³-hybridized carbons (Fsp3) is 0.436. The number of morpholine rings is 1.